The summed E-state index contributed by atoms with van der Waals surface area (Å²) in [5.41, 5.74) is 2.68. The molecule has 0 heterocycles. The molecule has 0 amide bonds. The molecule has 2 fully saturated rings. The number of ketones is 1. The summed E-state index contributed by atoms with van der Waals surface area (Å²) in [5, 5.41) is 10.2. The number of ether oxygens (including phenoxy) is 1. The number of fused-ring (bicyclic) bond motifs is 5. The molecule has 0 saturated heterocycles. The molecule has 0 aromatic heterocycles. The molecule has 4 rings (SSSR count). The van der Waals surface area contributed by atoms with Crippen LogP contribution < -0.4 is 0 Å². The highest BCUT2D eigenvalue weighted by Crippen LogP contribution is 2.65. The smallest absolute Gasteiger partial charge is 0.156 e. The lowest BCUT2D eigenvalue weighted by molar-refractivity contribution is -0.118. The second-order valence-electron chi connectivity index (χ2n) is 9.36. The number of methoxy groups -OCH3 is 1. The lowest BCUT2D eigenvalue weighted by Crippen LogP contribution is -2.55. The Morgan fingerprint density at radius 1 is 1.20 bits per heavy atom. The molecule has 0 aromatic carbocycles. The predicted molar refractivity (Wildman–Crippen MR) is 98.0 cm³/mol. The van der Waals surface area contributed by atoms with Crippen molar-refractivity contribution in [2.45, 2.75) is 71.5 Å². The SMILES string of the molecule is CO[C@@H]1C=C2C[C@@H](O)CC[C@]2(C)[C@H]2CC[C@]3(C)C(C(C)=O)=CC[C@H]3[C@H]12. The predicted octanol–water partition coefficient (Wildman–Crippen LogP) is 4.06. The first-order valence-electron chi connectivity index (χ1n) is 9.95. The van der Waals surface area contributed by atoms with E-state index in [0.717, 1.165) is 44.1 Å². The second kappa shape index (κ2) is 5.79. The van der Waals surface area contributed by atoms with Crippen LogP contribution in [-0.4, -0.2) is 30.2 Å². The molecule has 4 aliphatic carbocycles. The summed E-state index contributed by atoms with van der Waals surface area (Å²) < 4.78 is 5.97. The number of hydrogen-bond donors (Lipinski definition) is 1. The highest BCUT2D eigenvalue weighted by Gasteiger charge is 2.59. The highest BCUT2D eigenvalue weighted by molar-refractivity contribution is 5.95. The molecule has 1 N–H and O–H groups in total. The van der Waals surface area contributed by atoms with Crippen LogP contribution >= 0.6 is 0 Å². The zero-order valence-electron chi connectivity index (χ0n) is 16.0. The first kappa shape index (κ1) is 17.5. The van der Waals surface area contributed by atoms with Gasteiger partial charge in [0.15, 0.2) is 5.78 Å². The summed E-state index contributed by atoms with van der Waals surface area (Å²) in [4.78, 5) is 12.2. The van der Waals surface area contributed by atoms with Gasteiger partial charge in [0.05, 0.1) is 12.2 Å². The van der Waals surface area contributed by atoms with E-state index in [1.165, 1.54) is 5.57 Å². The van der Waals surface area contributed by atoms with Crippen molar-refractivity contribution < 1.29 is 14.6 Å². The number of aliphatic hydroxyl groups excluding tert-OH is 1. The summed E-state index contributed by atoms with van der Waals surface area (Å²) in [6, 6.07) is 0. The number of rotatable bonds is 2. The zero-order valence-corrected chi connectivity index (χ0v) is 16.0. The Morgan fingerprint density at radius 3 is 2.60 bits per heavy atom. The van der Waals surface area contributed by atoms with Crippen LogP contribution in [0.3, 0.4) is 0 Å². The summed E-state index contributed by atoms with van der Waals surface area (Å²) >= 11 is 0. The fraction of sp³-hybridized carbons (Fsp3) is 0.773. The van der Waals surface area contributed by atoms with Gasteiger partial charge in [0.2, 0.25) is 0 Å². The van der Waals surface area contributed by atoms with E-state index < -0.39 is 0 Å². The molecule has 0 spiro atoms. The Kier molecular flexibility index (Phi) is 4.05. The lowest BCUT2D eigenvalue weighted by atomic mass is 9.46. The Morgan fingerprint density at radius 2 is 1.92 bits per heavy atom. The van der Waals surface area contributed by atoms with Gasteiger partial charge in [-0.2, -0.15) is 0 Å². The van der Waals surface area contributed by atoms with Gasteiger partial charge in [-0.15, -0.1) is 0 Å². The van der Waals surface area contributed by atoms with E-state index in [2.05, 4.69) is 26.0 Å². The zero-order chi connectivity index (χ0) is 18.0. The molecule has 0 aliphatic heterocycles. The fourth-order valence-corrected chi connectivity index (χ4v) is 6.95. The van der Waals surface area contributed by atoms with Gasteiger partial charge in [0.1, 0.15) is 0 Å². The van der Waals surface area contributed by atoms with E-state index in [4.69, 9.17) is 4.74 Å². The van der Waals surface area contributed by atoms with Gasteiger partial charge in [0.25, 0.3) is 0 Å². The van der Waals surface area contributed by atoms with Gasteiger partial charge in [-0.25, -0.2) is 0 Å². The van der Waals surface area contributed by atoms with Crippen LogP contribution in [0.15, 0.2) is 23.3 Å². The van der Waals surface area contributed by atoms with Gasteiger partial charge < -0.3 is 9.84 Å². The van der Waals surface area contributed by atoms with Crippen LogP contribution in [0.2, 0.25) is 0 Å². The molecule has 3 nitrogen and oxygen atoms in total. The number of allylic oxidation sites excluding steroid dienone is 2. The monoisotopic (exact) mass is 344 g/mol. The minimum absolute atomic E-state index is 0.0136. The third-order valence-corrected chi connectivity index (χ3v) is 8.31. The maximum absolute atomic E-state index is 12.2. The Balaban J connectivity index is 1.74. The molecule has 7 atom stereocenters. The first-order chi connectivity index (χ1) is 11.8. The third-order valence-electron chi connectivity index (χ3n) is 8.31. The van der Waals surface area contributed by atoms with Crippen LogP contribution in [0.5, 0.6) is 0 Å². The maximum atomic E-state index is 12.2. The van der Waals surface area contributed by atoms with Gasteiger partial charge in [-0.3, -0.25) is 4.79 Å². The molecule has 0 radical (unpaired) electrons. The molecule has 0 bridgehead atoms. The minimum Gasteiger partial charge on any atom is -0.393 e. The van der Waals surface area contributed by atoms with Crippen molar-refractivity contribution in [2.24, 2.45) is 28.6 Å². The molecule has 138 valence electrons. The molecule has 0 unspecified atom stereocenters. The molecule has 2 saturated carbocycles. The molecular formula is C22H32O3. The number of carbonyl (C=O) groups is 1. The normalized spacial score (nSPS) is 48.8. The Bertz CT molecular complexity index is 648. The van der Waals surface area contributed by atoms with Crippen molar-refractivity contribution in [3.63, 3.8) is 0 Å². The third kappa shape index (κ3) is 2.35. The van der Waals surface area contributed by atoms with E-state index in [0.29, 0.717) is 17.8 Å². The van der Waals surface area contributed by atoms with Crippen LogP contribution in [0.4, 0.5) is 0 Å². The average molecular weight is 344 g/mol. The van der Waals surface area contributed by atoms with E-state index in [1.807, 2.05) is 7.11 Å². The lowest BCUT2D eigenvalue weighted by Gasteiger charge is -2.59. The molecule has 4 aliphatic rings. The van der Waals surface area contributed by atoms with Crippen LogP contribution in [0.25, 0.3) is 0 Å². The van der Waals surface area contributed by atoms with Crippen LogP contribution in [-0.2, 0) is 9.53 Å². The maximum Gasteiger partial charge on any atom is 0.156 e. The second-order valence-corrected chi connectivity index (χ2v) is 9.36. The number of hydrogen-bond acceptors (Lipinski definition) is 3. The Labute approximate surface area is 151 Å². The average Bonchev–Trinajstić information content (AvgIpc) is 2.92. The first-order valence-corrected chi connectivity index (χ1v) is 9.95. The quantitative estimate of drug-likeness (QED) is 0.769. The van der Waals surface area contributed by atoms with Gasteiger partial charge in [-0.05, 0) is 79.6 Å². The summed E-state index contributed by atoms with van der Waals surface area (Å²) in [6.45, 7) is 6.46. The molecule has 0 aromatic rings. The fourth-order valence-electron chi connectivity index (χ4n) is 6.95. The van der Waals surface area contributed by atoms with Crippen molar-refractivity contribution in [2.75, 3.05) is 7.11 Å². The summed E-state index contributed by atoms with van der Waals surface area (Å²) in [7, 11) is 1.82. The van der Waals surface area contributed by atoms with Gasteiger partial charge in [-0.1, -0.05) is 31.6 Å². The minimum atomic E-state index is -0.195. The highest BCUT2D eigenvalue weighted by atomic mass is 16.5. The standard InChI is InChI=1S/C22H32O3/c1-13(23)16-5-6-17-20-18(8-10-22(16,17)3)21(2)9-7-15(24)11-14(21)12-19(20)25-4/h5,12,15,17-20,24H,6-11H2,1-4H3/t15-,17-,18-,19+,20-,21-,22+/m0/s1. The largest absolute Gasteiger partial charge is 0.393 e. The molecule has 3 heteroatoms. The van der Waals surface area contributed by atoms with Gasteiger partial charge in [0, 0.05) is 7.11 Å². The molecular weight excluding hydrogens is 312 g/mol. The van der Waals surface area contributed by atoms with Crippen LogP contribution in [0, 0.1) is 28.6 Å². The number of Topliss-reactive ketones (excluding diaryl/α,β-unsaturated/α-hetero) is 1. The number of aliphatic hydroxyl groups is 1. The molecule has 25 heavy (non-hydrogen) atoms. The van der Waals surface area contributed by atoms with Crippen LogP contribution in [0.1, 0.15) is 59.3 Å². The summed E-state index contributed by atoms with van der Waals surface area (Å²) in [5.74, 6) is 1.82. The van der Waals surface area contributed by atoms with Crippen molar-refractivity contribution in [1.82, 2.24) is 0 Å². The van der Waals surface area contributed by atoms with E-state index in [9.17, 15) is 9.90 Å². The van der Waals surface area contributed by atoms with Gasteiger partial charge >= 0.3 is 0 Å². The van der Waals surface area contributed by atoms with Crippen molar-refractivity contribution in [3.8, 4) is 0 Å². The van der Waals surface area contributed by atoms with Crippen molar-refractivity contribution in [1.29, 1.82) is 0 Å². The van der Waals surface area contributed by atoms with E-state index >= 15 is 0 Å². The van der Waals surface area contributed by atoms with E-state index in [-0.39, 0.29) is 28.8 Å². The van der Waals surface area contributed by atoms with E-state index in [1.54, 1.807) is 6.92 Å². The summed E-state index contributed by atoms with van der Waals surface area (Å²) in [6.07, 6.45) is 10.5. The van der Waals surface area contributed by atoms with Crippen molar-refractivity contribution >= 4 is 5.78 Å². The number of carbonyl (C=O) groups excluding carboxylic acids is 1. The Hall–Kier alpha value is -0.930. The van der Waals surface area contributed by atoms with Crippen molar-refractivity contribution in [3.05, 3.63) is 23.3 Å². The topological polar surface area (TPSA) is 46.5 Å².